The van der Waals surface area contributed by atoms with Crippen molar-refractivity contribution in [3.05, 3.63) is 0 Å². The summed E-state index contributed by atoms with van der Waals surface area (Å²) in [6, 6.07) is 0. The highest BCUT2D eigenvalue weighted by atomic mass is 35.5. The SMILES string of the molecule is CC1CCC(C(C)(C)C2CCCC2)C(Cl)C1. The Bertz CT molecular complexity index is 228. The highest BCUT2D eigenvalue weighted by molar-refractivity contribution is 6.20. The minimum absolute atomic E-state index is 0.430. The fourth-order valence-electron chi connectivity index (χ4n) is 4.12. The molecule has 2 aliphatic rings. The first kappa shape index (κ1) is 12.7. The van der Waals surface area contributed by atoms with Gasteiger partial charge in [-0.15, -0.1) is 11.6 Å². The van der Waals surface area contributed by atoms with Crippen molar-refractivity contribution in [3.63, 3.8) is 0 Å². The van der Waals surface area contributed by atoms with Gasteiger partial charge < -0.3 is 0 Å². The molecular formula is C15H27Cl. The van der Waals surface area contributed by atoms with Gasteiger partial charge in [0.25, 0.3) is 0 Å². The van der Waals surface area contributed by atoms with Gasteiger partial charge in [0.2, 0.25) is 0 Å². The van der Waals surface area contributed by atoms with Crippen LogP contribution in [-0.2, 0) is 0 Å². The molecule has 2 rings (SSSR count). The van der Waals surface area contributed by atoms with Crippen LogP contribution in [0.4, 0.5) is 0 Å². The van der Waals surface area contributed by atoms with E-state index in [1.54, 1.807) is 0 Å². The van der Waals surface area contributed by atoms with Gasteiger partial charge in [0.15, 0.2) is 0 Å². The average Bonchev–Trinajstić information content (AvgIpc) is 2.69. The van der Waals surface area contributed by atoms with E-state index in [9.17, 15) is 0 Å². The summed E-state index contributed by atoms with van der Waals surface area (Å²) in [5.74, 6) is 2.54. The predicted molar refractivity (Wildman–Crippen MR) is 71.9 cm³/mol. The third-order valence-electron chi connectivity index (χ3n) is 5.40. The van der Waals surface area contributed by atoms with Crippen molar-refractivity contribution in [1.29, 1.82) is 0 Å². The lowest BCUT2D eigenvalue weighted by atomic mass is 9.62. The smallest absolute Gasteiger partial charge is 0.0372 e. The Kier molecular flexibility index (Phi) is 3.89. The van der Waals surface area contributed by atoms with Crippen LogP contribution >= 0.6 is 11.6 Å². The molecule has 3 unspecified atom stereocenters. The number of hydrogen-bond acceptors (Lipinski definition) is 0. The molecule has 0 aromatic heterocycles. The van der Waals surface area contributed by atoms with Crippen LogP contribution in [0.25, 0.3) is 0 Å². The van der Waals surface area contributed by atoms with Gasteiger partial charge in [-0.3, -0.25) is 0 Å². The van der Waals surface area contributed by atoms with E-state index < -0.39 is 0 Å². The van der Waals surface area contributed by atoms with Crippen molar-refractivity contribution in [3.8, 4) is 0 Å². The van der Waals surface area contributed by atoms with Crippen LogP contribution < -0.4 is 0 Å². The van der Waals surface area contributed by atoms with Crippen LogP contribution in [0.2, 0.25) is 0 Å². The maximum Gasteiger partial charge on any atom is 0.0372 e. The Morgan fingerprint density at radius 1 is 1.00 bits per heavy atom. The first-order valence-electron chi connectivity index (χ1n) is 7.16. The van der Waals surface area contributed by atoms with Crippen LogP contribution in [0, 0.1) is 23.2 Å². The van der Waals surface area contributed by atoms with Crippen LogP contribution in [0.5, 0.6) is 0 Å². The van der Waals surface area contributed by atoms with E-state index in [1.165, 1.54) is 44.9 Å². The molecule has 1 heteroatoms. The quantitative estimate of drug-likeness (QED) is 0.581. The third kappa shape index (κ3) is 2.42. The summed E-state index contributed by atoms with van der Waals surface area (Å²) < 4.78 is 0. The van der Waals surface area contributed by atoms with Crippen LogP contribution in [-0.4, -0.2) is 5.38 Å². The average molecular weight is 243 g/mol. The summed E-state index contributed by atoms with van der Waals surface area (Å²) in [5.41, 5.74) is 0.475. The van der Waals surface area contributed by atoms with Crippen molar-refractivity contribution in [2.75, 3.05) is 0 Å². The zero-order valence-corrected chi connectivity index (χ0v) is 11.9. The molecule has 0 aliphatic heterocycles. The van der Waals surface area contributed by atoms with Gasteiger partial charge in [-0.1, -0.05) is 40.0 Å². The van der Waals surface area contributed by atoms with Crippen LogP contribution in [0.15, 0.2) is 0 Å². The van der Waals surface area contributed by atoms with Crippen LogP contribution in [0.1, 0.15) is 65.7 Å². The topological polar surface area (TPSA) is 0 Å². The van der Waals surface area contributed by atoms with Gasteiger partial charge in [0.1, 0.15) is 0 Å². The lowest BCUT2D eigenvalue weighted by molar-refractivity contribution is 0.0776. The first-order chi connectivity index (χ1) is 7.51. The summed E-state index contributed by atoms with van der Waals surface area (Å²) in [4.78, 5) is 0. The van der Waals surface area contributed by atoms with E-state index in [1.807, 2.05) is 0 Å². The molecule has 0 heterocycles. The predicted octanol–water partition coefficient (Wildman–Crippen LogP) is 5.25. The Labute approximate surface area is 106 Å². The van der Waals surface area contributed by atoms with Gasteiger partial charge >= 0.3 is 0 Å². The van der Waals surface area contributed by atoms with E-state index in [0.717, 1.165) is 17.8 Å². The summed E-state index contributed by atoms with van der Waals surface area (Å²) in [6.07, 6.45) is 9.78. The van der Waals surface area contributed by atoms with E-state index in [0.29, 0.717) is 10.8 Å². The van der Waals surface area contributed by atoms with Crippen LogP contribution in [0.3, 0.4) is 0 Å². The normalized spacial score (nSPS) is 37.9. The summed E-state index contributed by atoms with van der Waals surface area (Å²) in [6.45, 7) is 7.33. The molecule has 16 heavy (non-hydrogen) atoms. The summed E-state index contributed by atoms with van der Waals surface area (Å²) in [7, 11) is 0. The van der Waals surface area contributed by atoms with Gasteiger partial charge in [-0.05, 0) is 48.9 Å². The monoisotopic (exact) mass is 242 g/mol. The molecule has 0 nitrogen and oxygen atoms in total. The lowest BCUT2D eigenvalue weighted by Gasteiger charge is -2.45. The minimum Gasteiger partial charge on any atom is -0.123 e. The molecule has 0 amide bonds. The number of halogens is 1. The molecule has 0 aromatic carbocycles. The molecule has 2 aliphatic carbocycles. The van der Waals surface area contributed by atoms with Crippen molar-refractivity contribution >= 4 is 11.6 Å². The maximum atomic E-state index is 6.64. The molecule has 0 radical (unpaired) electrons. The molecule has 0 spiro atoms. The minimum atomic E-state index is 0.430. The molecule has 0 N–H and O–H groups in total. The third-order valence-corrected chi connectivity index (χ3v) is 5.88. The van der Waals surface area contributed by atoms with Gasteiger partial charge in [-0.25, -0.2) is 0 Å². The second-order valence-corrected chi connectivity index (χ2v) is 7.40. The van der Waals surface area contributed by atoms with Gasteiger partial charge in [0, 0.05) is 5.38 Å². The van der Waals surface area contributed by atoms with Gasteiger partial charge in [-0.2, -0.15) is 0 Å². The van der Waals surface area contributed by atoms with Crippen molar-refractivity contribution < 1.29 is 0 Å². The molecule has 0 saturated heterocycles. The highest BCUT2D eigenvalue weighted by Crippen LogP contribution is 2.51. The van der Waals surface area contributed by atoms with Crippen molar-refractivity contribution in [1.82, 2.24) is 0 Å². The fourth-order valence-corrected chi connectivity index (χ4v) is 4.88. The Hall–Kier alpha value is 0.290. The number of alkyl halides is 1. The molecule has 0 bridgehead atoms. The molecule has 0 aromatic rings. The molecular weight excluding hydrogens is 216 g/mol. The summed E-state index contributed by atoms with van der Waals surface area (Å²) >= 11 is 6.64. The maximum absolute atomic E-state index is 6.64. The zero-order chi connectivity index (χ0) is 11.8. The van der Waals surface area contributed by atoms with E-state index >= 15 is 0 Å². The second-order valence-electron chi connectivity index (χ2n) is 6.84. The molecule has 2 saturated carbocycles. The zero-order valence-electron chi connectivity index (χ0n) is 11.1. The fraction of sp³-hybridized carbons (Fsp3) is 1.00. The Balaban J connectivity index is 2.04. The molecule has 3 atom stereocenters. The standard InChI is InChI=1S/C15H27Cl/c1-11-8-9-13(14(16)10-11)15(2,3)12-6-4-5-7-12/h11-14H,4-10H2,1-3H3. The van der Waals surface area contributed by atoms with Crippen molar-refractivity contribution in [2.24, 2.45) is 23.2 Å². The van der Waals surface area contributed by atoms with E-state index in [2.05, 4.69) is 20.8 Å². The summed E-state index contributed by atoms with van der Waals surface area (Å²) in [5, 5.41) is 0.430. The Morgan fingerprint density at radius 3 is 2.19 bits per heavy atom. The molecule has 94 valence electrons. The van der Waals surface area contributed by atoms with E-state index in [-0.39, 0.29) is 0 Å². The largest absolute Gasteiger partial charge is 0.123 e. The second kappa shape index (κ2) is 4.88. The lowest BCUT2D eigenvalue weighted by Crippen LogP contribution is -2.39. The number of hydrogen-bond donors (Lipinski definition) is 0. The van der Waals surface area contributed by atoms with Gasteiger partial charge in [0.05, 0.1) is 0 Å². The first-order valence-corrected chi connectivity index (χ1v) is 7.59. The molecule has 2 fully saturated rings. The highest BCUT2D eigenvalue weighted by Gasteiger charge is 2.43. The van der Waals surface area contributed by atoms with E-state index in [4.69, 9.17) is 11.6 Å². The Morgan fingerprint density at radius 2 is 1.62 bits per heavy atom. The van der Waals surface area contributed by atoms with Crippen molar-refractivity contribution in [2.45, 2.75) is 71.1 Å². The number of rotatable bonds is 2.